The average Bonchev–Trinajstić information content (AvgIpc) is 2.37. The molecule has 0 saturated carbocycles. The van der Waals surface area contributed by atoms with Crippen LogP contribution in [0.2, 0.25) is 0 Å². The van der Waals surface area contributed by atoms with Crippen molar-refractivity contribution in [3.63, 3.8) is 0 Å². The standard InChI is InChI=1S/C15H23NO2/c1-10-7-13(8-14-9-18-6-5-16-14)11(2)12(3)15(10)17-4/h7,14,16H,5-6,8-9H2,1-4H3. The van der Waals surface area contributed by atoms with Crippen molar-refractivity contribution >= 4 is 0 Å². The summed E-state index contributed by atoms with van der Waals surface area (Å²) in [6, 6.07) is 2.68. The van der Waals surface area contributed by atoms with Crippen LogP contribution >= 0.6 is 0 Å². The van der Waals surface area contributed by atoms with Crippen LogP contribution in [0.1, 0.15) is 22.3 Å². The third-order valence-electron chi connectivity index (χ3n) is 3.80. The monoisotopic (exact) mass is 249 g/mol. The summed E-state index contributed by atoms with van der Waals surface area (Å²) in [4.78, 5) is 0. The van der Waals surface area contributed by atoms with Crippen molar-refractivity contribution in [2.24, 2.45) is 0 Å². The molecule has 1 aliphatic heterocycles. The van der Waals surface area contributed by atoms with Gasteiger partial charge >= 0.3 is 0 Å². The topological polar surface area (TPSA) is 30.5 Å². The minimum Gasteiger partial charge on any atom is -0.496 e. The SMILES string of the molecule is COc1c(C)cc(CC2COCCN2)c(C)c1C. The van der Waals surface area contributed by atoms with Gasteiger partial charge < -0.3 is 14.8 Å². The predicted molar refractivity (Wildman–Crippen MR) is 73.5 cm³/mol. The summed E-state index contributed by atoms with van der Waals surface area (Å²) >= 11 is 0. The number of ether oxygens (including phenoxy) is 2. The lowest BCUT2D eigenvalue weighted by Crippen LogP contribution is -2.42. The molecule has 1 atom stereocenters. The summed E-state index contributed by atoms with van der Waals surface area (Å²) in [5, 5.41) is 3.51. The Balaban J connectivity index is 2.22. The molecule has 0 radical (unpaired) electrons. The van der Waals surface area contributed by atoms with E-state index >= 15 is 0 Å². The van der Waals surface area contributed by atoms with Crippen molar-refractivity contribution in [3.05, 3.63) is 28.3 Å². The first-order chi connectivity index (χ1) is 8.63. The number of aryl methyl sites for hydroxylation is 1. The van der Waals surface area contributed by atoms with Crippen LogP contribution in [0.5, 0.6) is 5.75 Å². The number of hydrogen-bond donors (Lipinski definition) is 1. The summed E-state index contributed by atoms with van der Waals surface area (Å²) in [5.74, 6) is 1.02. The molecule has 1 heterocycles. The van der Waals surface area contributed by atoms with Gasteiger partial charge in [-0.1, -0.05) is 6.07 Å². The van der Waals surface area contributed by atoms with E-state index in [2.05, 4.69) is 32.2 Å². The highest BCUT2D eigenvalue weighted by Gasteiger charge is 2.17. The zero-order valence-electron chi connectivity index (χ0n) is 11.8. The Morgan fingerprint density at radius 2 is 2.11 bits per heavy atom. The van der Waals surface area contributed by atoms with Gasteiger partial charge in [-0.25, -0.2) is 0 Å². The highest BCUT2D eigenvalue weighted by Crippen LogP contribution is 2.29. The molecule has 18 heavy (non-hydrogen) atoms. The fraction of sp³-hybridized carbons (Fsp3) is 0.600. The van der Waals surface area contributed by atoms with Crippen LogP contribution in [0.3, 0.4) is 0 Å². The Labute approximate surface area is 109 Å². The van der Waals surface area contributed by atoms with Crippen LogP contribution in [-0.4, -0.2) is 32.9 Å². The van der Waals surface area contributed by atoms with E-state index in [4.69, 9.17) is 9.47 Å². The number of hydrogen-bond acceptors (Lipinski definition) is 3. The van der Waals surface area contributed by atoms with Gasteiger partial charge in [-0.05, 0) is 49.4 Å². The molecule has 1 aliphatic rings. The molecule has 3 heteroatoms. The van der Waals surface area contributed by atoms with E-state index in [0.29, 0.717) is 6.04 Å². The van der Waals surface area contributed by atoms with E-state index in [-0.39, 0.29) is 0 Å². The Hall–Kier alpha value is -1.06. The predicted octanol–water partition coefficient (Wildman–Crippen LogP) is 2.15. The molecule has 3 nitrogen and oxygen atoms in total. The molecule has 0 aromatic heterocycles. The van der Waals surface area contributed by atoms with Crippen LogP contribution in [0.25, 0.3) is 0 Å². The molecule has 0 aliphatic carbocycles. The van der Waals surface area contributed by atoms with Crippen molar-refractivity contribution < 1.29 is 9.47 Å². The highest BCUT2D eigenvalue weighted by molar-refractivity contribution is 5.49. The molecule has 0 spiro atoms. The zero-order chi connectivity index (χ0) is 13.1. The lowest BCUT2D eigenvalue weighted by atomic mass is 9.94. The maximum atomic E-state index is 5.51. The van der Waals surface area contributed by atoms with Gasteiger partial charge in [0.1, 0.15) is 5.75 Å². The number of nitrogens with one attached hydrogen (secondary N) is 1. The van der Waals surface area contributed by atoms with E-state index in [1.54, 1.807) is 7.11 Å². The average molecular weight is 249 g/mol. The first kappa shape index (κ1) is 13.4. The molecule has 1 aromatic carbocycles. The Kier molecular flexibility index (Phi) is 4.25. The van der Waals surface area contributed by atoms with Gasteiger partial charge in [0.15, 0.2) is 0 Å². The molecule has 0 bridgehead atoms. The van der Waals surface area contributed by atoms with Gasteiger partial charge in [0.05, 0.1) is 20.3 Å². The van der Waals surface area contributed by atoms with E-state index in [1.807, 2.05) is 0 Å². The summed E-state index contributed by atoms with van der Waals surface area (Å²) in [5.41, 5.74) is 5.20. The van der Waals surface area contributed by atoms with E-state index < -0.39 is 0 Å². The fourth-order valence-corrected chi connectivity index (χ4v) is 2.68. The van der Waals surface area contributed by atoms with Gasteiger partial charge in [-0.2, -0.15) is 0 Å². The first-order valence-electron chi connectivity index (χ1n) is 6.58. The van der Waals surface area contributed by atoms with Gasteiger partial charge in [-0.3, -0.25) is 0 Å². The molecule has 0 amide bonds. The normalized spacial score (nSPS) is 19.9. The van der Waals surface area contributed by atoms with Crippen LogP contribution < -0.4 is 10.1 Å². The van der Waals surface area contributed by atoms with Crippen molar-refractivity contribution in [1.82, 2.24) is 5.32 Å². The van der Waals surface area contributed by atoms with Crippen LogP contribution in [0.15, 0.2) is 6.07 Å². The first-order valence-corrected chi connectivity index (χ1v) is 6.58. The fourth-order valence-electron chi connectivity index (χ4n) is 2.68. The van der Waals surface area contributed by atoms with E-state index in [1.165, 1.54) is 22.3 Å². The third kappa shape index (κ3) is 2.68. The summed E-state index contributed by atoms with van der Waals surface area (Å²) in [7, 11) is 1.74. The Morgan fingerprint density at radius 3 is 2.72 bits per heavy atom. The number of benzene rings is 1. The highest BCUT2D eigenvalue weighted by atomic mass is 16.5. The zero-order valence-corrected chi connectivity index (χ0v) is 11.8. The number of morpholine rings is 1. The molecule has 1 unspecified atom stereocenters. The lowest BCUT2D eigenvalue weighted by Gasteiger charge is -2.25. The third-order valence-corrected chi connectivity index (χ3v) is 3.80. The quantitative estimate of drug-likeness (QED) is 0.890. The van der Waals surface area contributed by atoms with Gasteiger partial charge in [0.2, 0.25) is 0 Å². The second kappa shape index (κ2) is 5.72. The molecule has 100 valence electrons. The smallest absolute Gasteiger partial charge is 0.124 e. The van der Waals surface area contributed by atoms with Crippen molar-refractivity contribution in [2.45, 2.75) is 33.2 Å². The maximum Gasteiger partial charge on any atom is 0.124 e. The maximum absolute atomic E-state index is 5.51. The molecule has 2 rings (SSSR count). The van der Waals surface area contributed by atoms with Crippen LogP contribution in [0, 0.1) is 20.8 Å². The largest absolute Gasteiger partial charge is 0.496 e. The number of rotatable bonds is 3. The Bertz CT molecular complexity index is 423. The van der Waals surface area contributed by atoms with Crippen molar-refractivity contribution in [3.8, 4) is 5.75 Å². The van der Waals surface area contributed by atoms with Crippen molar-refractivity contribution in [2.75, 3.05) is 26.9 Å². The summed E-state index contributed by atoms with van der Waals surface area (Å²) in [6.07, 6.45) is 1.03. The van der Waals surface area contributed by atoms with Gasteiger partial charge in [0, 0.05) is 12.6 Å². The summed E-state index contributed by atoms with van der Waals surface area (Å²) in [6.45, 7) is 9.02. The molecule has 1 fully saturated rings. The lowest BCUT2D eigenvalue weighted by molar-refractivity contribution is 0.0769. The number of methoxy groups -OCH3 is 1. The van der Waals surface area contributed by atoms with E-state index in [0.717, 1.165) is 31.9 Å². The molecular formula is C15H23NO2. The van der Waals surface area contributed by atoms with Crippen LogP contribution in [-0.2, 0) is 11.2 Å². The second-order valence-corrected chi connectivity index (χ2v) is 5.07. The van der Waals surface area contributed by atoms with Crippen molar-refractivity contribution in [1.29, 1.82) is 0 Å². The molecular weight excluding hydrogens is 226 g/mol. The Morgan fingerprint density at radius 1 is 1.33 bits per heavy atom. The van der Waals surface area contributed by atoms with Gasteiger partial charge in [0.25, 0.3) is 0 Å². The minimum absolute atomic E-state index is 0.435. The second-order valence-electron chi connectivity index (χ2n) is 5.07. The summed E-state index contributed by atoms with van der Waals surface area (Å²) < 4.78 is 11.0. The van der Waals surface area contributed by atoms with E-state index in [9.17, 15) is 0 Å². The molecule has 1 N–H and O–H groups in total. The minimum atomic E-state index is 0.435. The molecule has 1 saturated heterocycles. The molecule has 1 aromatic rings. The van der Waals surface area contributed by atoms with Crippen LogP contribution in [0.4, 0.5) is 0 Å². The van der Waals surface area contributed by atoms with Gasteiger partial charge in [-0.15, -0.1) is 0 Å².